The summed E-state index contributed by atoms with van der Waals surface area (Å²) in [5.41, 5.74) is 6.26. The van der Waals surface area contributed by atoms with E-state index in [0.717, 1.165) is 55.0 Å². The normalized spacial score (nSPS) is 16.6. The van der Waals surface area contributed by atoms with Gasteiger partial charge in [0, 0.05) is 27.3 Å². The van der Waals surface area contributed by atoms with Crippen LogP contribution in [0.2, 0.25) is 0 Å². The van der Waals surface area contributed by atoms with Crippen molar-refractivity contribution < 1.29 is 13.9 Å². The first-order valence-corrected chi connectivity index (χ1v) is 12.8. The molecule has 38 heavy (non-hydrogen) atoms. The zero-order chi connectivity index (χ0) is 26.1. The number of nitrogens with zero attached hydrogens (tertiary/aromatic N) is 3. The summed E-state index contributed by atoms with van der Waals surface area (Å²) in [6.45, 7) is 8.25. The molecular weight excluding hydrogens is 473 g/mol. The van der Waals surface area contributed by atoms with E-state index in [1.165, 1.54) is 0 Å². The molecule has 6 nitrogen and oxygen atoms in total. The smallest absolute Gasteiger partial charge is 0.399 e. The van der Waals surface area contributed by atoms with E-state index >= 15 is 0 Å². The molecule has 1 fully saturated rings. The fourth-order valence-corrected chi connectivity index (χ4v) is 5.21. The number of benzene rings is 4. The zero-order valence-electron chi connectivity index (χ0n) is 21.7. The lowest BCUT2D eigenvalue weighted by Crippen LogP contribution is -2.41. The van der Waals surface area contributed by atoms with Gasteiger partial charge in [-0.2, -0.15) is 0 Å². The van der Waals surface area contributed by atoms with Gasteiger partial charge in [0.25, 0.3) is 0 Å². The molecule has 3 heterocycles. The van der Waals surface area contributed by atoms with E-state index in [1.807, 2.05) is 48.5 Å². The second-order valence-electron chi connectivity index (χ2n) is 10.9. The van der Waals surface area contributed by atoms with E-state index in [4.69, 9.17) is 18.9 Å². The van der Waals surface area contributed by atoms with E-state index in [0.29, 0.717) is 5.52 Å². The predicted octanol–water partition coefficient (Wildman–Crippen LogP) is 6.56. The molecule has 0 saturated carbocycles. The average molecular weight is 499 g/mol. The molecule has 0 unspecified atom stereocenters. The van der Waals surface area contributed by atoms with Crippen LogP contribution in [0.1, 0.15) is 27.7 Å². The van der Waals surface area contributed by atoms with Crippen molar-refractivity contribution in [3.63, 3.8) is 0 Å². The Balaban J connectivity index is 1.55. The summed E-state index contributed by atoms with van der Waals surface area (Å²) < 4.78 is 18.1. The maximum Gasteiger partial charge on any atom is 0.494 e. The third kappa shape index (κ3) is 3.46. The topological polar surface area (TPSA) is 70.3 Å². The fraction of sp³-hybridized carbons (Fsp3) is 0.194. The van der Waals surface area contributed by atoms with E-state index in [9.17, 15) is 0 Å². The molecule has 6 aromatic rings. The van der Waals surface area contributed by atoms with Gasteiger partial charge in [-0.1, -0.05) is 72.8 Å². The average Bonchev–Trinajstić information content (AvgIpc) is 3.50. The Morgan fingerprint density at radius 1 is 0.658 bits per heavy atom. The summed E-state index contributed by atoms with van der Waals surface area (Å²) in [6.07, 6.45) is 0. The molecule has 0 amide bonds. The summed E-state index contributed by atoms with van der Waals surface area (Å²) in [4.78, 5) is 5.16. The van der Waals surface area contributed by atoms with E-state index in [1.54, 1.807) is 0 Å². The van der Waals surface area contributed by atoms with Crippen molar-refractivity contribution in [3.05, 3.63) is 84.9 Å². The van der Waals surface area contributed by atoms with Crippen LogP contribution in [0.5, 0.6) is 0 Å². The van der Waals surface area contributed by atoms with Crippen LogP contribution in [-0.4, -0.2) is 33.6 Å². The van der Waals surface area contributed by atoms with E-state index in [-0.39, 0.29) is 0 Å². The molecule has 1 aliphatic rings. The largest absolute Gasteiger partial charge is 0.494 e. The Bertz CT molecular complexity index is 1820. The molecular formula is C31H26BN3O3. The van der Waals surface area contributed by atoms with Crippen LogP contribution in [0.25, 0.3) is 55.1 Å². The van der Waals surface area contributed by atoms with Crippen LogP contribution in [0.4, 0.5) is 0 Å². The van der Waals surface area contributed by atoms with Crippen molar-refractivity contribution in [2.24, 2.45) is 0 Å². The Kier molecular flexibility index (Phi) is 4.99. The summed E-state index contributed by atoms with van der Waals surface area (Å²) in [6, 6.07) is 28.8. The third-order valence-corrected chi connectivity index (χ3v) is 7.97. The monoisotopic (exact) mass is 499 g/mol. The maximum absolute atomic E-state index is 6.36. The number of pyridine rings is 1. The van der Waals surface area contributed by atoms with Crippen LogP contribution in [-0.2, 0) is 9.31 Å². The standard InChI is InChI=1S/C31H26BN3O3/c1-30(2)31(3,4)37-32(36-30)21-15-16-25-23(17-21)26-24(27(33-25)20-13-9-6-10-14-20)18-22(19-11-7-5-8-12-19)28-29(26)35-38-34-28/h5-18H,1-4H3. The van der Waals surface area contributed by atoms with Gasteiger partial charge in [-0.15, -0.1) is 0 Å². The van der Waals surface area contributed by atoms with Crippen LogP contribution in [0, 0.1) is 0 Å². The fourth-order valence-electron chi connectivity index (χ4n) is 5.21. The summed E-state index contributed by atoms with van der Waals surface area (Å²) in [5, 5.41) is 11.6. The Morgan fingerprint density at radius 3 is 1.97 bits per heavy atom. The SMILES string of the molecule is CC1(C)OB(c2ccc3nc(-c4ccccc4)c4cc(-c5ccccc5)c5nonc5c4c3c2)OC1(C)C. The molecule has 0 spiro atoms. The molecule has 0 radical (unpaired) electrons. The lowest BCUT2D eigenvalue weighted by atomic mass is 9.78. The van der Waals surface area contributed by atoms with Gasteiger partial charge in [0.05, 0.1) is 22.4 Å². The molecule has 0 aliphatic carbocycles. The first-order valence-electron chi connectivity index (χ1n) is 12.8. The second-order valence-corrected chi connectivity index (χ2v) is 10.9. The number of aromatic nitrogens is 3. The van der Waals surface area contributed by atoms with Crippen LogP contribution in [0.15, 0.2) is 89.6 Å². The summed E-state index contributed by atoms with van der Waals surface area (Å²) in [7, 11) is -0.484. The molecule has 4 aromatic carbocycles. The molecule has 0 bridgehead atoms. The summed E-state index contributed by atoms with van der Waals surface area (Å²) in [5.74, 6) is 0. The predicted molar refractivity (Wildman–Crippen MR) is 151 cm³/mol. The molecule has 0 N–H and O–H groups in total. The molecule has 2 aromatic heterocycles. The minimum Gasteiger partial charge on any atom is -0.399 e. The van der Waals surface area contributed by atoms with Gasteiger partial charge >= 0.3 is 7.12 Å². The van der Waals surface area contributed by atoms with E-state index < -0.39 is 18.3 Å². The minimum absolute atomic E-state index is 0.433. The van der Waals surface area contributed by atoms with Gasteiger partial charge < -0.3 is 9.31 Å². The molecule has 0 atom stereocenters. The molecule has 1 saturated heterocycles. The minimum atomic E-state index is -0.484. The van der Waals surface area contributed by atoms with Crippen molar-refractivity contribution in [1.29, 1.82) is 0 Å². The second kappa shape index (κ2) is 8.22. The number of rotatable bonds is 3. The van der Waals surface area contributed by atoms with Gasteiger partial charge in [0.2, 0.25) is 0 Å². The van der Waals surface area contributed by atoms with Crippen molar-refractivity contribution in [2.45, 2.75) is 38.9 Å². The summed E-state index contributed by atoms with van der Waals surface area (Å²) >= 11 is 0. The Morgan fingerprint density at radius 2 is 1.29 bits per heavy atom. The van der Waals surface area contributed by atoms with Crippen LogP contribution in [0.3, 0.4) is 0 Å². The molecule has 186 valence electrons. The highest BCUT2D eigenvalue weighted by atomic mass is 16.7. The van der Waals surface area contributed by atoms with E-state index in [2.05, 4.69) is 74.4 Å². The van der Waals surface area contributed by atoms with Crippen LogP contribution >= 0.6 is 0 Å². The highest BCUT2D eigenvalue weighted by molar-refractivity contribution is 6.62. The number of fused-ring (bicyclic) bond motifs is 5. The molecule has 7 rings (SSSR count). The lowest BCUT2D eigenvalue weighted by molar-refractivity contribution is 0.00578. The van der Waals surface area contributed by atoms with Gasteiger partial charge in [0.1, 0.15) is 11.0 Å². The molecule has 1 aliphatic heterocycles. The van der Waals surface area contributed by atoms with Crippen molar-refractivity contribution in [3.8, 4) is 22.4 Å². The zero-order valence-corrected chi connectivity index (χ0v) is 21.7. The molecule has 7 heteroatoms. The number of hydrogen-bond acceptors (Lipinski definition) is 6. The highest BCUT2D eigenvalue weighted by Gasteiger charge is 2.51. The van der Waals surface area contributed by atoms with Crippen molar-refractivity contribution in [1.82, 2.24) is 15.3 Å². The quantitative estimate of drug-likeness (QED) is 0.203. The van der Waals surface area contributed by atoms with Gasteiger partial charge in [0.15, 0.2) is 0 Å². The number of hydrogen-bond donors (Lipinski definition) is 0. The van der Waals surface area contributed by atoms with Gasteiger partial charge in [-0.05, 0) is 61.2 Å². The Labute approximate surface area is 220 Å². The van der Waals surface area contributed by atoms with Crippen LogP contribution < -0.4 is 5.46 Å². The first kappa shape index (κ1) is 23.1. The maximum atomic E-state index is 6.36. The highest BCUT2D eigenvalue weighted by Crippen LogP contribution is 2.41. The third-order valence-electron chi connectivity index (χ3n) is 7.97. The Hall–Kier alpha value is -4.07. The van der Waals surface area contributed by atoms with Crippen molar-refractivity contribution >= 4 is 45.3 Å². The first-order chi connectivity index (χ1) is 18.3. The lowest BCUT2D eigenvalue weighted by Gasteiger charge is -2.32. The van der Waals surface area contributed by atoms with Gasteiger partial charge in [-0.25, -0.2) is 9.61 Å². The van der Waals surface area contributed by atoms with Crippen molar-refractivity contribution in [2.75, 3.05) is 0 Å². The van der Waals surface area contributed by atoms with Gasteiger partial charge in [-0.3, -0.25) is 0 Å².